The predicted octanol–water partition coefficient (Wildman–Crippen LogP) is 2.89. The van der Waals surface area contributed by atoms with E-state index in [4.69, 9.17) is 13.8 Å². The van der Waals surface area contributed by atoms with E-state index < -0.39 is 25.0 Å². The van der Waals surface area contributed by atoms with E-state index in [1.807, 2.05) is 0 Å². The van der Waals surface area contributed by atoms with Gasteiger partial charge in [0.15, 0.2) is 6.10 Å². The summed E-state index contributed by atoms with van der Waals surface area (Å²) in [6.45, 7) is 5.23. The van der Waals surface area contributed by atoms with E-state index in [-0.39, 0.29) is 13.2 Å². The highest BCUT2D eigenvalue weighted by Crippen LogP contribution is 2.66. The molecule has 0 saturated carbocycles. The Morgan fingerprint density at radius 1 is 1.26 bits per heavy atom. The molecule has 2 rings (SSSR count). The lowest BCUT2D eigenvalue weighted by atomic mass is 9.99. The van der Waals surface area contributed by atoms with Crippen molar-refractivity contribution in [3.8, 4) is 0 Å². The number of rotatable bonds is 7. The molecule has 0 spiro atoms. The predicted molar refractivity (Wildman–Crippen MR) is 85.0 cm³/mol. The number of carbonyl (C=O) groups excluding carboxylic acids is 1. The number of aliphatic hydroxyl groups is 1. The molecule has 0 radical (unpaired) electrons. The Morgan fingerprint density at radius 2 is 1.87 bits per heavy atom. The molecule has 23 heavy (non-hydrogen) atoms. The topological polar surface area (TPSA) is 82.1 Å². The molecule has 1 unspecified atom stereocenters. The Balaban J connectivity index is 2.64. The molecule has 0 aliphatic carbocycles. The van der Waals surface area contributed by atoms with Crippen LogP contribution in [0.5, 0.6) is 0 Å². The van der Waals surface area contributed by atoms with Crippen molar-refractivity contribution in [3.05, 3.63) is 47.5 Å². The second kappa shape index (κ2) is 6.97. The van der Waals surface area contributed by atoms with Crippen LogP contribution in [-0.2, 0) is 28.5 Å². The number of cyclic esters (lactones) is 1. The Bertz CT molecular complexity index is 646. The lowest BCUT2D eigenvalue weighted by Gasteiger charge is -2.38. The molecule has 1 aromatic carbocycles. The van der Waals surface area contributed by atoms with Crippen molar-refractivity contribution in [3.63, 3.8) is 0 Å². The van der Waals surface area contributed by atoms with Gasteiger partial charge in [-0.15, -0.1) is 0 Å². The zero-order valence-electron chi connectivity index (χ0n) is 13.4. The van der Waals surface area contributed by atoms with Gasteiger partial charge in [-0.25, -0.2) is 4.79 Å². The Morgan fingerprint density at radius 3 is 2.35 bits per heavy atom. The van der Waals surface area contributed by atoms with Crippen molar-refractivity contribution in [2.75, 3.05) is 13.2 Å². The minimum absolute atomic E-state index is 0.0792. The first kappa shape index (κ1) is 17.9. The monoisotopic (exact) mass is 340 g/mol. The summed E-state index contributed by atoms with van der Waals surface area (Å²) in [7, 11) is -4.04. The summed E-state index contributed by atoms with van der Waals surface area (Å²) in [6.07, 6.45) is 1.41. The van der Waals surface area contributed by atoms with Gasteiger partial charge in [-0.2, -0.15) is 0 Å². The fraction of sp³-hybridized carbons (Fsp3) is 0.438. The van der Waals surface area contributed by atoms with Crippen molar-refractivity contribution in [2.24, 2.45) is 0 Å². The molecule has 1 aliphatic rings. The molecule has 2 atom stereocenters. The van der Waals surface area contributed by atoms with Crippen LogP contribution in [0.15, 0.2) is 36.4 Å². The Labute approximate surface area is 135 Å². The number of esters is 1. The largest absolute Gasteiger partial charge is 0.451 e. The van der Waals surface area contributed by atoms with E-state index in [0.29, 0.717) is 11.1 Å². The van der Waals surface area contributed by atoms with Gasteiger partial charge in [0, 0.05) is 11.6 Å². The number of aryl methyl sites for hydroxylation is 1. The van der Waals surface area contributed by atoms with Gasteiger partial charge >= 0.3 is 13.6 Å². The molecule has 0 fully saturated rings. The number of ether oxygens (including phenoxy) is 1. The molecule has 0 amide bonds. The SMILES string of the molecule is CCOP(=O)(OCC)[C@](O)(c1ccccc1C)C1C=CC(=O)O1. The van der Waals surface area contributed by atoms with E-state index in [1.165, 1.54) is 12.2 Å². The van der Waals surface area contributed by atoms with Crippen LogP contribution in [0, 0.1) is 6.92 Å². The van der Waals surface area contributed by atoms with Gasteiger partial charge in [-0.05, 0) is 32.4 Å². The lowest BCUT2D eigenvalue weighted by molar-refractivity contribution is -0.146. The average Bonchev–Trinajstić information content (AvgIpc) is 2.94. The maximum atomic E-state index is 13.4. The van der Waals surface area contributed by atoms with E-state index >= 15 is 0 Å². The maximum absolute atomic E-state index is 13.4. The van der Waals surface area contributed by atoms with Gasteiger partial charge in [0.05, 0.1) is 13.2 Å². The smallest absolute Gasteiger partial charge is 0.370 e. The molecule has 0 aromatic heterocycles. The van der Waals surface area contributed by atoms with Crippen LogP contribution in [0.1, 0.15) is 25.0 Å². The van der Waals surface area contributed by atoms with Crippen molar-refractivity contribution >= 4 is 13.6 Å². The summed E-state index contributed by atoms with van der Waals surface area (Å²) >= 11 is 0. The van der Waals surface area contributed by atoms with Gasteiger partial charge in [0.1, 0.15) is 0 Å². The normalized spacial score (nSPS) is 20.3. The summed E-state index contributed by atoms with van der Waals surface area (Å²) in [4.78, 5) is 11.5. The third-order valence-corrected chi connectivity index (χ3v) is 6.13. The standard InChI is InChI=1S/C16H21O6P/c1-4-20-23(19,21-5-2)16(18,14-10-11-15(17)22-14)13-9-7-6-8-12(13)3/h6-11,14,18H,4-5H2,1-3H3/t14?,16-/m1/s1. The van der Waals surface area contributed by atoms with Crippen LogP contribution in [0.2, 0.25) is 0 Å². The van der Waals surface area contributed by atoms with Crippen molar-refractivity contribution < 1.29 is 28.3 Å². The number of hydrogen-bond donors (Lipinski definition) is 1. The highest BCUT2D eigenvalue weighted by molar-refractivity contribution is 7.55. The summed E-state index contributed by atoms with van der Waals surface area (Å²) in [5.41, 5.74) is 1.03. The highest BCUT2D eigenvalue weighted by atomic mass is 31.2. The third kappa shape index (κ3) is 3.12. The van der Waals surface area contributed by atoms with Crippen LogP contribution >= 0.6 is 7.60 Å². The van der Waals surface area contributed by atoms with Crippen molar-refractivity contribution in [1.82, 2.24) is 0 Å². The van der Waals surface area contributed by atoms with Gasteiger partial charge < -0.3 is 18.9 Å². The van der Waals surface area contributed by atoms with Crippen LogP contribution in [0.3, 0.4) is 0 Å². The van der Waals surface area contributed by atoms with Gasteiger partial charge in [-0.1, -0.05) is 24.3 Å². The quantitative estimate of drug-likeness (QED) is 0.607. The van der Waals surface area contributed by atoms with Crippen LogP contribution in [-0.4, -0.2) is 30.4 Å². The molecule has 6 nitrogen and oxygen atoms in total. The molecular formula is C16H21O6P. The minimum atomic E-state index is -4.04. The minimum Gasteiger partial charge on any atom is -0.451 e. The molecule has 0 saturated heterocycles. The molecule has 126 valence electrons. The summed E-state index contributed by atoms with van der Waals surface area (Å²) in [6, 6.07) is 6.89. The summed E-state index contributed by atoms with van der Waals surface area (Å²) in [5, 5.41) is 9.30. The van der Waals surface area contributed by atoms with Crippen molar-refractivity contribution in [2.45, 2.75) is 32.2 Å². The molecule has 1 heterocycles. The van der Waals surface area contributed by atoms with Crippen LogP contribution < -0.4 is 0 Å². The Hall–Kier alpha value is -1.46. The van der Waals surface area contributed by atoms with Gasteiger partial charge in [-0.3, -0.25) is 4.57 Å². The summed E-state index contributed by atoms with van der Waals surface area (Å²) < 4.78 is 29.2. The van der Waals surface area contributed by atoms with Crippen molar-refractivity contribution in [1.29, 1.82) is 0 Å². The van der Waals surface area contributed by atoms with Crippen LogP contribution in [0.25, 0.3) is 0 Å². The van der Waals surface area contributed by atoms with Crippen LogP contribution in [0.4, 0.5) is 0 Å². The molecular weight excluding hydrogens is 319 g/mol. The van der Waals surface area contributed by atoms with E-state index in [0.717, 1.165) is 0 Å². The van der Waals surface area contributed by atoms with Gasteiger partial charge in [0.2, 0.25) is 5.34 Å². The average molecular weight is 340 g/mol. The zero-order valence-corrected chi connectivity index (χ0v) is 14.3. The first-order valence-electron chi connectivity index (χ1n) is 7.45. The lowest BCUT2D eigenvalue weighted by Crippen LogP contribution is -2.41. The molecule has 7 heteroatoms. The second-order valence-corrected chi connectivity index (χ2v) is 7.28. The Kier molecular flexibility index (Phi) is 5.42. The molecule has 0 bridgehead atoms. The first-order chi connectivity index (χ1) is 10.9. The first-order valence-corrected chi connectivity index (χ1v) is 8.99. The summed E-state index contributed by atoms with van der Waals surface area (Å²) in [5.74, 6) is -0.610. The number of hydrogen-bond acceptors (Lipinski definition) is 6. The third-order valence-electron chi connectivity index (χ3n) is 3.60. The van der Waals surface area contributed by atoms with E-state index in [2.05, 4.69) is 0 Å². The highest BCUT2D eigenvalue weighted by Gasteiger charge is 2.59. The molecule has 1 aromatic rings. The fourth-order valence-corrected chi connectivity index (χ4v) is 4.75. The maximum Gasteiger partial charge on any atom is 0.370 e. The number of carbonyl (C=O) groups is 1. The number of benzene rings is 1. The zero-order chi connectivity index (χ0) is 17.1. The van der Waals surface area contributed by atoms with E-state index in [9.17, 15) is 14.5 Å². The molecule has 1 aliphatic heterocycles. The van der Waals surface area contributed by atoms with Gasteiger partial charge in [0.25, 0.3) is 0 Å². The molecule has 1 N–H and O–H groups in total. The van der Waals surface area contributed by atoms with E-state index in [1.54, 1.807) is 45.0 Å². The second-order valence-electron chi connectivity index (χ2n) is 5.09. The fourth-order valence-electron chi connectivity index (χ4n) is 2.60.